The highest BCUT2D eigenvalue weighted by atomic mass is 16.5. The van der Waals surface area contributed by atoms with Crippen LogP contribution in [0, 0.1) is 5.92 Å². The van der Waals surface area contributed by atoms with Gasteiger partial charge in [0, 0.05) is 24.9 Å². The number of hydrogen-bond donors (Lipinski definition) is 0. The van der Waals surface area contributed by atoms with Crippen molar-refractivity contribution in [1.29, 1.82) is 0 Å². The van der Waals surface area contributed by atoms with E-state index in [1.54, 1.807) is 0 Å². The largest absolute Gasteiger partial charge is 0.376 e. The minimum absolute atomic E-state index is 0.345. The predicted molar refractivity (Wildman–Crippen MR) is 68.0 cm³/mol. The molecule has 2 rings (SSSR count). The number of ketones is 1. The van der Waals surface area contributed by atoms with Gasteiger partial charge in [0.15, 0.2) is 0 Å². The monoisotopic (exact) mass is 239 g/mol. The maximum atomic E-state index is 11.6. The first kappa shape index (κ1) is 13.0. The summed E-state index contributed by atoms with van der Waals surface area (Å²) >= 11 is 0. The third kappa shape index (κ3) is 3.29. The van der Waals surface area contributed by atoms with Crippen LogP contribution in [0.15, 0.2) is 0 Å². The molecule has 1 aliphatic carbocycles. The summed E-state index contributed by atoms with van der Waals surface area (Å²) < 4.78 is 5.70. The fourth-order valence-electron chi connectivity index (χ4n) is 3.08. The number of rotatable bonds is 4. The van der Waals surface area contributed by atoms with Gasteiger partial charge in [-0.3, -0.25) is 9.69 Å². The third-order valence-electron chi connectivity index (χ3n) is 4.25. The Balaban J connectivity index is 1.81. The number of ether oxygens (including phenoxy) is 1. The first-order valence-electron chi connectivity index (χ1n) is 7.09. The molecule has 0 aromatic heterocycles. The average Bonchev–Trinajstić information content (AvgIpc) is 2.72. The van der Waals surface area contributed by atoms with E-state index in [0.717, 1.165) is 51.8 Å². The van der Waals surface area contributed by atoms with Crippen LogP contribution in [-0.4, -0.2) is 42.5 Å². The standard InChI is InChI=1S/C14H25NO2/c1-3-13-10-17-11(2)9-15(13)8-7-12-5-4-6-14(12)16/h11-13H,3-10H2,1-2H3. The van der Waals surface area contributed by atoms with Crippen molar-refractivity contribution in [2.45, 2.75) is 58.1 Å². The zero-order valence-corrected chi connectivity index (χ0v) is 11.2. The molecular formula is C14H25NO2. The van der Waals surface area contributed by atoms with Crippen molar-refractivity contribution in [1.82, 2.24) is 4.90 Å². The molecule has 1 saturated heterocycles. The SMILES string of the molecule is CCC1COC(C)CN1CCC1CCCC1=O. The summed E-state index contributed by atoms with van der Waals surface area (Å²) in [5, 5.41) is 0. The Morgan fingerprint density at radius 3 is 2.94 bits per heavy atom. The van der Waals surface area contributed by atoms with Crippen molar-refractivity contribution < 1.29 is 9.53 Å². The summed E-state index contributed by atoms with van der Waals surface area (Å²) in [5.74, 6) is 0.852. The summed E-state index contributed by atoms with van der Waals surface area (Å²) in [6, 6.07) is 0.558. The van der Waals surface area contributed by atoms with Crippen molar-refractivity contribution in [3.8, 4) is 0 Å². The fourth-order valence-corrected chi connectivity index (χ4v) is 3.08. The molecule has 1 heterocycles. The Kier molecular flexibility index (Phi) is 4.57. The number of morpholine rings is 1. The molecule has 2 fully saturated rings. The Bertz CT molecular complexity index is 267. The molecule has 3 heteroatoms. The average molecular weight is 239 g/mol. The van der Waals surface area contributed by atoms with E-state index in [2.05, 4.69) is 18.7 Å². The van der Waals surface area contributed by atoms with Crippen LogP contribution >= 0.6 is 0 Å². The number of nitrogens with zero attached hydrogens (tertiary/aromatic N) is 1. The molecule has 2 aliphatic rings. The fraction of sp³-hybridized carbons (Fsp3) is 0.929. The zero-order valence-electron chi connectivity index (χ0n) is 11.2. The topological polar surface area (TPSA) is 29.5 Å². The Labute approximate surface area is 105 Å². The van der Waals surface area contributed by atoms with E-state index in [9.17, 15) is 4.79 Å². The van der Waals surface area contributed by atoms with Crippen LogP contribution in [0.25, 0.3) is 0 Å². The molecule has 0 bridgehead atoms. The Hall–Kier alpha value is -0.410. The number of carbonyl (C=O) groups excluding carboxylic acids is 1. The van der Waals surface area contributed by atoms with Gasteiger partial charge in [-0.2, -0.15) is 0 Å². The van der Waals surface area contributed by atoms with Crippen molar-refractivity contribution in [3.63, 3.8) is 0 Å². The molecule has 3 nitrogen and oxygen atoms in total. The second kappa shape index (κ2) is 5.96. The van der Waals surface area contributed by atoms with Gasteiger partial charge in [0.05, 0.1) is 12.7 Å². The molecular weight excluding hydrogens is 214 g/mol. The molecule has 3 unspecified atom stereocenters. The van der Waals surface area contributed by atoms with Gasteiger partial charge in [-0.15, -0.1) is 0 Å². The number of carbonyl (C=O) groups is 1. The Morgan fingerprint density at radius 1 is 1.47 bits per heavy atom. The minimum Gasteiger partial charge on any atom is -0.376 e. The van der Waals surface area contributed by atoms with E-state index in [0.29, 0.717) is 23.8 Å². The second-order valence-corrected chi connectivity index (χ2v) is 5.55. The van der Waals surface area contributed by atoms with E-state index in [4.69, 9.17) is 4.74 Å². The van der Waals surface area contributed by atoms with Gasteiger partial charge in [-0.25, -0.2) is 0 Å². The summed E-state index contributed by atoms with van der Waals surface area (Å²) in [7, 11) is 0. The lowest BCUT2D eigenvalue weighted by Crippen LogP contribution is -2.49. The normalized spacial score (nSPS) is 35.4. The third-order valence-corrected chi connectivity index (χ3v) is 4.25. The van der Waals surface area contributed by atoms with Crippen molar-refractivity contribution in [2.24, 2.45) is 5.92 Å². The summed E-state index contributed by atoms with van der Waals surface area (Å²) in [6.07, 6.45) is 5.60. The molecule has 98 valence electrons. The van der Waals surface area contributed by atoms with Crippen LogP contribution in [0.3, 0.4) is 0 Å². The van der Waals surface area contributed by atoms with E-state index in [1.807, 2.05) is 0 Å². The van der Waals surface area contributed by atoms with Crippen LogP contribution in [-0.2, 0) is 9.53 Å². The van der Waals surface area contributed by atoms with Gasteiger partial charge in [-0.1, -0.05) is 6.92 Å². The minimum atomic E-state index is 0.345. The summed E-state index contributed by atoms with van der Waals surface area (Å²) in [6.45, 7) is 7.32. The van der Waals surface area contributed by atoms with E-state index in [1.165, 1.54) is 0 Å². The van der Waals surface area contributed by atoms with Gasteiger partial charge in [0.1, 0.15) is 5.78 Å². The predicted octanol–water partition coefficient (Wildman–Crippen LogP) is 2.25. The van der Waals surface area contributed by atoms with E-state index < -0.39 is 0 Å². The van der Waals surface area contributed by atoms with E-state index >= 15 is 0 Å². The maximum absolute atomic E-state index is 11.6. The highest BCUT2D eigenvalue weighted by molar-refractivity contribution is 5.82. The summed E-state index contributed by atoms with van der Waals surface area (Å²) in [4.78, 5) is 14.1. The first-order valence-corrected chi connectivity index (χ1v) is 7.09. The smallest absolute Gasteiger partial charge is 0.136 e. The maximum Gasteiger partial charge on any atom is 0.136 e. The van der Waals surface area contributed by atoms with Crippen LogP contribution in [0.1, 0.15) is 46.0 Å². The number of hydrogen-bond acceptors (Lipinski definition) is 3. The molecule has 1 aliphatic heterocycles. The summed E-state index contributed by atoms with van der Waals surface area (Å²) in [5.41, 5.74) is 0. The van der Waals surface area contributed by atoms with Crippen LogP contribution in [0.2, 0.25) is 0 Å². The molecule has 0 spiro atoms. The Morgan fingerprint density at radius 2 is 2.29 bits per heavy atom. The lowest BCUT2D eigenvalue weighted by atomic mass is 10.0. The molecule has 0 amide bonds. The van der Waals surface area contributed by atoms with E-state index in [-0.39, 0.29) is 0 Å². The molecule has 17 heavy (non-hydrogen) atoms. The molecule has 0 aromatic carbocycles. The highest BCUT2D eigenvalue weighted by Gasteiger charge is 2.28. The molecule has 0 N–H and O–H groups in total. The van der Waals surface area contributed by atoms with Crippen LogP contribution in [0.4, 0.5) is 0 Å². The van der Waals surface area contributed by atoms with Gasteiger partial charge in [-0.05, 0) is 39.2 Å². The second-order valence-electron chi connectivity index (χ2n) is 5.55. The quantitative estimate of drug-likeness (QED) is 0.753. The molecule has 0 aromatic rings. The van der Waals surface area contributed by atoms with Gasteiger partial charge >= 0.3 is 0 Å². The lowest BCUT2D eigenvalue weighted by Gasteiger charge is -2.38. The van der Waals surface area contributed by atoms with Crippen molar-refractivity contribution >= 4 is 5.78 Å². The van der Waals surface area contributed by atoms with Crippen LogP contribution in [0.5, 0.6) is 0 Å². The first-order chi connectivity index (χ1) is 8.20. The molecule has 0 radical (unpaired) electrons. The van der Waals surface area contributed by atoms with Gasteiger partial charge < -0.3 is 4.74 Å². The van der Waals surface area contributed by atoms with Crippen molar-refractivity contribution in [3.05, 3.63) is 0 Å². The highest BCUT2D eigenvalue weighted by Crippen LogP contribution is 2.25. The van der Waals surface area contributed by atoms with Crippen LogP contribution < -0.4 is 0 Å². The molecule has 1 saturated carbocycles. The van der Waals surface area contributed by atoms with Crippen molar-refractivity contribution in [2.75, 3.05) is 19.7 Å². The lowest BCUT2D eigenvalue weighted by molar-refractivity contribution is -0.121. The zero-order chi connectivity index (χ0) is 12.3. The van der Waals surface area contributed by atoms with Gasteiger partial charge in [0.2, 0.25) is 0 Å². The number of Topliss-reactive ketones (excluding diaryl/α,β-unsaturated/α-hetero) is 1. The van der Waals surface area contributed by atoms with Gasteiger partial charge in [0.25, 0.3) is 0 Å². The molecule has 3 atom stereocenters.